The Morgan fingerprint density at radius 1 is 1.00 bits per heavy atom. The molecule has 1 aliphatic rings. The largest absolute Gasteiger partial charge is 0.341 e. The van der Waals surface area contributed by atoms with Crippen LogP contribution >= 0.6 is 0 Å². The van der Waals surface area contributed by atoms with Gasteiger partial charge in [-0.3, -0.25) is 4.79 Å². The summed E-state index contributed by atoms with van der Waals surface area (Å²) in [4.78, 5) is 13.9. The van der Waals surface area contributed by atoms with Crippen LogP contribution in [0.1, 0.15) is 24.5 Å². The van der Waals surface area contributed by atoms with E-state index in [0.29, 0.717) is 6.42 Å². The van der Waals surface area contributed by atoms with E-state index in [1.54, 1.807) is 0 Å². The first kappa shape index (κ1) is 13.9. The molecule has 0 aromatic heterocycles. The van der Waals surface area contributed by atoms with E-state index in [9.17, 15) is 4.79 Å². The van der Waals surface area contributed by atoms with Gasteiger partial charge in [-0.2, -0.15) is 0 Å². The molecule has 1 amide bonds. The number of hydrogen-bond acceptors (Lipinski definition) is 1. The molecule has 0 spiro atoms. The van der Waals surface area contributed by atoms with Crippen LogP contribution in [0.2, 0.25) is 0 Å². The molecule has 0 saturated carbocycles. The van der Waals surface area contributed by atoms with E-state index in [1.807, 2.05) is 24.0 Å². The number of carbonyl (C=O) groups is 1. The number of amides is 1. The average molecular weight is 279 g/mol. The fourth-order valence-corrected chi connectivity index (χ4v) is 3.26. The highest BCUT2D eigenvalue weighted by Crippen LogP contribution is 2.38. The molecule has 0 radical (unpaired) electrons. The molecule has 108 valence electrons. The standard InChI is InChI=1S/C19H21NO/c1-2-18(21)20-14-19(15-20,17-11-7-4-8-12-17)13-16-9-5-3-6-10-16/h3-12H,2,13-15H2,1H3. The van der Waals surface area contributed by atoms with Crippen molar-refractivity contribution in [1.82, 2.24) is 4.90 Å². The molecule has 2 aromatic rings. The van der Waals surface area contributed by atoms with E-state index in [0.717, 1.165) is 19.5 Å². The maximum absolute atomic E-state index is 11.9. The van der Waals surface area contributed by atoms with Crippen molar-refractivity contribution in [1.29, 1.82) is 0 Å². The van der Waals surface area contributed by atoms with Gasteiger partial charge in [-0.25, -0.2) is 0 Å². The normalized spacial score (nSPS) is 16.3. The van der Waals surface area contributed by atoms with Gasteiger partial charge in [0.1, 0.15) is 0 Å². The third-order valence-corrected chi connectivity index (χ3v) is 4.41. The van der Waals surface area contributed by atoms with E-state index >= 15 is 0 Å². The Kier molecular flexibility index (Phi) is 3.78. The van der Waals surface area contributed by atoms with Gasteiger partial charge in [-0.05, 0) is 17.5 Å². The molecule has 0 N–H and O–H groups in total. The van der Waals surface area contributed by atoms with Crippen molar-refractivity contribution in [2.75, 3.05) is 13.1 Å². The molecule has 21 heavy (non-hydrogen) atoms. The summed E-state index contributed by atoms with van der Waals surface area (Å²) < 4.78 is 0. The van der Waals surface area contributed by atoms with Gasteiger partial charge in [0.15, 0.2) is 0 Å². The molecule has 2 aromatic carbocycles. The molecule has 0 unspecified atom stereocenters. The highest BCUT2D eigenvalue weighted by atomic mass is 16.2. The molecule has 0 atom stereocenters. The van der Waals surface area contributed by atoms with Crippen molar-refractivity contribution < 1.29 is 4.79 Å². The molecular weight excluding hydrogens is 258 g/mol. The zero-order chi connectivity index (χ0) is 14.7. The van der Waals surface area contributed by atoms with Gasteiger partial charge >= 0.3 is 0 Å². The summed E-state index contributed by atoms with van der Waals surface area (Å²) in [6.45, 7) is 3.60. The average Bonchev–Trinajstić information content (AvgIpc) is 2.51. The summed E-state index contributed by atoms with van der Waals surface area (Å²) in [5.41, 5.74) is 2.76. The van der Waals surface area contributed by atoms with E-state index in [1.165, 1.54) is 11.1 Å². The minimum absolute atomic E-state index is 0.0768. The van der Waals surface area contributed by atoms with Crippen LogP contribution in [0.25, 0.3) is 0 Å². The fourth-order valence-electron chi connectivity index (χ4n) is 3.26. The van der Waals surface area contributed by atoms with Crippen LogP contribution in [0.4, 0.5) is 0 Å². The topological polar surface area (TPSA) is 20.3 Å². The number of carbonyl (C=O) groups excluding carboxylic acids is 1. The van der Waals surface area contributed by atoms with Gasteiger partial charge in [-0.15, -0.1) is 0 Å². The van der Waals surface area contributed by atoms with Crippen molar-refractivity contribution >= 4 is 5.91 Å². The van der Waals surface area contributed by atoms with Crippen molar-refractivity contribution in [3.63, 3.8) is 0 Å². The molecule has 1 fully saturated rings. The minimum Gasteiger partial charge on any atom is -0.341 e. The quantitative estimate of drug-likeness (QED) is 0.840. The molecular formula is C19H21NO. The summed E-state index contributed by atoms with van der Waals surface area (Å²) in [7, 11) is 0. The third-order valence-electron chi connectivity index (χ3n) is 4.41. The van der Waals surface area contributed by atoms with E-state index in [4.69, 9.17) is 0 Å². The van der Waals surface area contributed by atoms with Crippen LogP contribution in [0.15, 0.2) is 60.7 Å². The first-order chi connectivity index (χ1) is 10.2. The van der Waals surface area contributed by atoms with Crippen molar-refractivity contribution in [3.05, 3.63) is 71.8 Å². The van der Waals surface area contributed by atoms with Crippen molar-refractivity contribution in [2.24, 2.45) is 0 Å². The summed E-state index contributed by atoms with van der Waals surface area (Å²) in [6, 6.07) is 21.2. The molecule has 3 rings (SSSR count). The summed E-state index contributed by atoms with van der Waals surface area (Å²) in [5, 5.41) is 0. The molecule has 2 heteroatoms. The van der Waals surface area contributed by atoms with E-state index in [2.05, 4.69) is 48.5 Å². The van der Waals surface area contributed by atoms with Crippen LogP contribution in [0, 0.1) is 0 Å². The van der Waals surface area contributed by atoms with Crippen LogP contribution in [0.5, 0.6) is 0 Å². The Hall–Kier alpha value is -2.09. The number of hydrogen-bond donors (Lipinski definition) is 0. The van der Waals surface area contributed by atoms with Crippen LogP contribution in [0.3, 0.4) is 0 Å². The lowest BCUT2D eigenvalue weighted by Crippen LogP contribution is -2.62. The maximum Gasteiger partial charge on any atom is 0.222 e. The summed E-state index contributed by atoms with van der Waals surface area (Å²) in [6.07, 6.45) is 1.58. The Morgan fingerprint density at radius 3 is 2.14 bits per heavy atom. The lowest BCUT2D eigenvalue weighted by atomic mass is 9.69. The van der Waals surface area contributed by atoms with Gasteiger partial charge in [0.25, 0.3) is 0 Å². The zero-order valence-corrected chi connectivity index (χ0v) is 12.5. The van der Waals surface area contributed by atoms with Crippen LogP contribution < -0.4 is 0 Å². The second-order valence-electron chi connectivity index (χ2n) is 5.91. The molecule has 1 heterocycles. The lowest BCUT2D eigenvalue weighted by Gasteiger charge is -2.51. The Labute approximate surface area is 126 Å². The molecule has 0 bridgehead atoms. The summed E-state index contributed by atoms with van der Waals surface area (Å²) >= 11 is 0. The van der Waals surface area contributed by atoms with Gasteiger partial charge in [0.2, 0.25) is 5.91 Å². The van der Waals surface area contributed by atoms with Crippen LogP contribution in [-0.2, 0) is 16.6 Å². The minimum atomic E-state index is 0.0768. The second-order valence-corrected chi connectivity index (χ2v) is 5.91. The Balaban J connectivity index is 1.85. The van der Waals surface area contributed by atoms with Gasteiger partial charge in [0.05, 0.1) is 0 Å². The SMILES string of the molecule is CCC(=O)N1CC(Cc2ccccc2)(c2ccccc2)C1. The molecule has 0 aliphatic carbocycles. The van der Waals surface area contributed by atoms with Gasteiger partial charge in [0, 0.05) is 24.9 Å². The lowest BCUT2D eigenvalue weighted by molar-refractivity contribution is -0.138. The number of nitrogens with zero attached hydrogens (tertiary/aromatic N) is 1. The summed E-state index contributed by atoms with van der Waals surface area (Å²) in [5.74, 6) is 0.259. The van der Waals surface area contributed by atoms with E-state index < -0.39 is 0 Å². The first-order valence-electron chi connectivity index (χ1n) is 7.61. The van der Waals surface area contributed by atoms with Crippen molar-refractivity contribution in [2.45, 2.75) is 25.2 Å². The predicted octanol–water partition coefficient (Wildman–Crippen LogP) is 3.42. The van der Waals surface area contributed by atoms with Gasteiger partial charge in [-0.1, -0.05) is 67.6 Å². The smallest absolute Gasteiger partial charge is 0.222 e. The zero-order valence-electron chi connectivity index (χ0n) is 12.5. The maximum atomic E-state index is 11.9. The number of benzene rings is 2. The predicted molar refractivity (Wildman–Crippen MR) is 85.1 cm³/mol. The Bertz CT molecular complexity index is 600. The highest BCUT2D eigenvalue weighted by Gasteiger charge is 2.45. The number of likely N-dealkylation sites (tertiary alicyclic amines) is 1. The van der Waals surface area contributed by atoms with Gasteiger partial charge < -0.3 is 4.90 Å². The fraction of sp³-hybridized carbons (Fsp3) is 0.316. The third kappa shape index (κ3) is 2.71. The second kappa shape index (κ2) is 5.72. The molecule has 1 saturated heterocycles. The number of rotatable bonds is 4. The monoisotopic (exact) mass is 279 g/mol. The highest BCUT2D eigenvalue weighted by molar-refractivity contribution is 5.77. The Morgan fingerprint density at radius 2 is 1.57 bits per heavy atom. The molecule has 2 nitrogen and oxygen atoms in total. The van der Waals surface area contributed by atoms with Crippen LogP contribution in [-0.4, -0.2) is 23.9 Å². The first-order valence-corrected chi connectivity index (χ1v) is 7.61. The molecule has 1 aliphatic heterocycles. The van der Waals surface area contributed by atoms with Crippen molar-refractivity contribution in [3.8, 4) is 0 Å². The van der Waals surface area contributed by atoms with E-state index in [-0.39, 0.29) is 11.3 Å².